The monoisotopic (exact) mass is 317 g/mol. The van der Waals surface area contributed by atoms with Crippen molar-refractivity contribution in [3.8, 4) is 0 Å². The zero-order valence-electron chi connectivity index (χ0n) is 12.3. The molecule has 3 atom stereocenters. The van der Waals surface area contributed by atoms with Crippen molar-refractivity contribution in [2.75, 3.05) is 19.7 Å². The zero-order valence-corrected chi connectivity index (χ0v) is 13.1. The van der Waals surface area contributed by atoms with Crippen LogP contribution in [0.3, 0.4) is 0 Å². The first kappa shape index (κ1) is 14.1. The van der Waals surface area contributed by atoms with Gasteiger partial charge in [0.1, 0.15) is 0 Å². The number of likely N-dealkylation sites (tertiary alicyclic amines) is 1. The molecule has 0 spiro atoms. The number of fused-ring (bicyclic) bond motifs is 4. The highest BCUT2D eigenvalue weighted by molar-refractivity contribution is 7.09. The van der Waals surface area contributed by atoms with Crippen molar-refractivity contribution in [3.63, 3.8) is 0 Å². The smallest absolute Gasteiger partial charge is 0.251 e. The van der Waals surface area contributed by atoms with Crippen molar-refractivity contribution >= 4 is 11.3 Å². The fourth-order valence-electron chi connectivity index (χ4n) is 4.04. The summed E-state index contributed by atoms with van der Waals surface area (Å²) in [6.45, 7) is 2.84. The van der Waals surface area contributed by atoms with Crippen LogP contribution in [0.1, 0.15) is 29.0 Å². The molecule has 1 fully saturated rings. The Morgan fingerprint density at radius 2 is 2.27 bits per heavy atom. The summed E-state index contributed by atoms with van der Waals surface area (Å²) in [6, 6.07) is 5.39. The Bertz CT molecular complexity index is 712. The van der Waals surface area contributed by atoms with E-state index < -0.39 is 0 Å². The van der Waals surface area contributed by atoms with E-state index in [1.165, 1.54) is 4.88 Å². The van der Waals surface area contributed by atoms with Crippen molar-refractivity contribution in [1.29, 1.82) is 0 Å². The molecule has 0 radical (unpaired) electrons. The van der Waals surface area contributed by atoms with Gasteiger partial charge in [0.25, 0.3) is 5.56 Å². The normalized spacial score (nSPS) is 27.6. The minimum absolute atomic E-state index is 0.0159. The molecule has 0 unspecified atom stereocenters. The number of hydrogen-bond acceptors (Lipinski definition) is 5. The van der Waals surface area contributed by atoms with Gasteiger partial charge in [0.2, 0.25) is 0 Å². The van der Waals surface area contributed by atoms with Crippen LogP contribution in [0.4, 0.5) is 0 Å². The summed E-state index contributed by atoms with van der Waals surface area (Å²) in [5, 5.41) is 9.83. The van der Waals surface area contributed by atoms with E-state index >= 15 is 0 Å². The lowest BCUT2D eigenvalue weighted by Crippen LogP contribution is -2.49. The molecule has 1 N–H and O–H groups in total. The van der Waals surface area contributed by atoms with E-state index in [1.807, 2.05) is 28.4 Å². The molecule has 5 nitrogen and oxygen atoms in total. The highest BCUT2D eigenvalue weighted by Gasteiger charge is 2.40. The molecule has 2 aromatic rings. The maximum absolute atomic E-state index is 12.2. The molecule has 2 aromatic heterocycles. The Hall–Kier alpha value is -1.50. The van der Waals surface area contributed by atoms with Crippen LogP contribution in [0.15, 0.2) is 34.7 Å². The standard InChI is InChI=1S/C16H19N3O2S/c20-9-15-12-4-11(14-2-1-3-16(21)19(14)15)6-18(7-12)8-13-5-17-10-22-13/h1-3,5,10-12,15,20H,4,6-9H2/t11-,12+,15+/m1/s1. The molecule has 2 aliphatic heterocycles. The van der Waals surface area contributed by atoms with E-state index in [9.17, 15) is 9.90 Å². The fourth-order valence-corrected chi connectivity index (χ4v) is 4.68. The number of aromatic nitrogens is 2. The summed E-state index contributed by atoms with van der Waals surface area (Å²) in [7, 11) is 0. The zero-order chi connectivity index (χ0) is 15.1. The molecule has 116 valence electrons. The summed E-state index contributed by atoms with van der Waals surface area (Å²) in [5.41, 5.74) is 2.96. The van der Waals surface area contributed by atoms with Crippen LogP contribution in [0.5, 0.6) is 0 Å². The number of pyridine rings is 1. The predicted molar refractivity (Wildman–Crippen MR) is 85.1 cm³/mol. The number of hydrogen-bond donors (Lipinski definition) is 1. The van der Waals surface area contributed by atoms with Crippen LogP contribution in [-0.2, 0) is 6.54 Å². The lowest BCUT2D eigenvalue weighted by atomic mass is 9.78. The van der Waals surface area contributed by atoms with Gasteiger partial charge in [-0.3, -0.25) is 14.7 Å². The third-order valence-corrected chi connectivity index (χ3v) is 5.69. The number of aliphatic hydroxyl groups is 1. The van der Waals surface area contributed by atoms with Gasteiger partial charge in [-0.05, 0) is 18.4 Å². The number of nitrogens with zero attached hydrogens (tertiary/aromatic N) is 3. The van der Waals surface area contributed by atoms with Gasteiger partial charge in [-0.1, -0.05) is 6.07 Å². The van der Waals surface area contributed by atoms with E-state index in [0.29, 0.717) is 11.8 Å². The molecule has 6 heteroatoms. The topological polar surface area (TPSA) is 58.4 Å². The first-order valence-corrected chi connectivity index (χ1v) is 8.56. The van der Waals surface area contributed by atoms with Gasteiger partial charge in [-0.2, -0.15) is 0 Å². The van der Waals surface area contributed by atoms with Crippen molar-refractivity contribution in [2.45, 2.75) is 24.9 Å². The fraction of sp³-hybridized carbons (Fsp3) is 0.500. The Labute approximate surface area is 132 Å². The average Bonchev–Trinajstić information content (AvgIpc) is 3.01. The summed E-state index contributed by atoms with van der Waals surface area (Å²) in [6.07, 6.45) is 2.99. The van der Waals surface area contributed by atoms with Crippen LogP contribution in [0, 0.1) is 5.92 Å². The molecular formula is C16H19N3O2S. The summed E-state index contributed by atoms with van der Waals surface area (Å²) in [5.74, 6) is 0.715. The Balaban J connectivity index is 1.67. The molecule has 2 bridgehead atoms. The molecule has 4 heterocycles. The Morgan fingerprint density at radius 3 is 3.05 bits per heavy atom. The van der Waals surface area contributed by atoms with Crippen LogP contribution in [0.2, 0.25) is 0 Å². The number of aliphatic hydroxyl groups excluding tert-OH is 1. The van der Waals surface area contributed by atoms with E-state index in [2.05, 4.69) is 9.88 Å². The quantitative estimate of drug-likeness (QED) is 0.931. The van der Waals surface area contributed by atoms with Gasteiger partial charge in [0, 0.05) is 48.4 Å². The van der Waals surface area contributed by atoms with Crippen molar-refractivity contribution in [3.05, 3.63) is 50.8 Å². The number of thiazole rings is 1. The van der Waals surface area contributed by atoms with E-state index in [4.69, 9.17) is 0 Å². The third-order valence-electron chi connectivity index (χ3n) is 4.92. The molecule has 1 saturated heterocycles. The van der Waals surface area contributed by atoms with Gasteiger partial charge >= 0.3 is 0 Å². The van der Waals surface area contributed by atoms with Crippen LogP contribution >= 0.6 is 11.3 Å². The largest absolute Gasteiger partial charge is 0.394 e. The molecule has 4 rings (SSSR count). The van der Waals surface area contributed by atoms with E-state index in [0.717, 1.165) is 31.7 Å². The minimum atomic E-state index is -0.0933. The highest BCUT2D eigenvalue weighted by Crippen LogP contribution is 2.41. The second-order valence-corrected chi connectivity index (χ2v) is 7.23. The minimum Gasteiger partial charge on any atom is -0.394 e. The summed E-state index contributed by atoms with van der Waals surface area (Å²) >= 11 is 1.68. The van der Waals surface area contributed by atoms with Crippen molar-refractivity contribution in [1.82, 2.24) is 14.5 Å². The van der Waals surface area contributed by atoms with Gasteiger partial charge in [-0.15, -0.1) is 11.3 Å². The average molecular weight is 317 g/mol. The number of piperidine rings is 1. The Kier molecular flexibility index (Phi) is 3.60. The molecule has 0 aromatic carbocycles. The lowest BCUT2D eigenvalue weighted by Gasteiger charge is -2.46. The summed E-state index contributed by atoms with van der Waals surface area (Å²) in [4.78, 5) is 20.1. The highest BCUT2D eigenvalue weighted by atomic mass is 32.1. The van der Waals surface area contributed by atoms with Crippen LogP contribution < -0.4 is 5.56 Å². The molecule has 2 aliphatic rings. The van der Waals surface area contributed by atoms with Crippen molar-refractivity contribution < 1.29 is 5.11 Å². The van der Waals surface area contributed by atoms with Gasteiger partial charge in [0.15, 0.2) is 0 Å². The van der Waals surface area contributed by atoms with Crippen LogP contribution in [-0.4, -0.2) is 39.3 Å². The maximum Gasteiger partial charge on any atom is 0.251 e. The lowest BCUT2D eigenvalue weighted by molar-refractivity contribution is 0.0585. The third kappa shape index (κ3) is 2.31. The van der Waals surface area contributed by atoms with Gasteiger partial charge in [0.05, 0.1) is 18.2 Å². The first-order valence-electron chi connectivity index (χ1n) is 7.68. The maximum atomic E-state index is 12.2. The number of rotatable bonds is 3. The van der Waals surface area contributed by atoms with Gasteiger partial charge in [-0.25, -0.2) is 0 Å². The predicted octanol–water partition coefficient (Wildman–Crippen LogP) is 1.46. The molecular weight excluding hydrogens is 298 g/mol. The summed E-state index contributed by atoms with van der Waals surface area (Å²) < 4.78 is 1.84. The van der Waals surface area contributed by atoms with E-state index in [1.54, 1.807) is 17.4 Å². The van der Waals surface area contributed by atoms with Crippen LogP contribution in [0.25, 0.3) is 0 Å². The molecule has 0 aliphatic carbocycles. The van der Waals surface area contributed by atoms with Crippen molar-refractivity contribution in [2.24, 2.45) is 5.92 Å². The molecule has 22 heavy (non-hydrogen) atoms. The SMILES string of the molecule is O=c1cccc2n1[C@@H](CO)[C@H]1C[C@@H]2CN(Cc2cncs2)C1. The molecule has 0 amide bonds. The first-order chi connectivity index (χ1) is 10.8. The second kappa shape index (κ2) is 5.61. The molecule has 0 saturated carbocycles. The Morgan fingerprint density at radius 1 is 1.36 bits per heavy atom. The second-order valence-electron chi connectivity index (χ2n) is 6.26. The van der Waals surface area contributed by atoms with E-state index in [-0.39, 0.29) is 18.2 Å². The van der Waals surface area contributed by atoms with Gasteiger partial charge < -0.3 is 9.67 Å².